The molecule has 0 bridgehead atoms. The highest BCUT2D eigenvalue weighted by atomic mass is 14.1. The summed E-state index contributed by atoms with van der Waals surface area (Å²) in [7, 11) is 0. The number of hydrogen-bond donors (Lipinski definition) is 0. The Balaban J connectivity index is 2.42. The first-order valence-electron chi connectivity index (χ1n) is 3.94. The molecule has 0 saturated heterocycles. The van der Waals surface area contributed by atoms with E-state index in [2.05, 4.69) is 19.9 Å². The third-order valence-corrected chi connectivity index (χ3v) is 2.14. The van der Waals surface area contributed by atoms with Gasteiger partial charge in [-0.1, -0.05) is 25.0 Å². The topological polar surface area (TPSA) is 0 Å². The summed E-state index contributed by atoms with van der Waals surface area (Å²) >= 11 is 0. The predicted molar refractivity (Wildman–Crippen MR) is 41.4 cm³/mol. The van der Waals surface area contributed by atoms with Gasteiger partial charge in [-0.25, -0.2) is 0 Å². The molecule has 9 heavy (non-hydrogen) atoms. The fraction of sp³-hybridized carbons (Fsp3) is 0.778. The molecule has 0 unspecified atom stereocenters. The van der Waals surface area contributed by atoms with Gasteiger partial charge in [0.2, 0.25) is 0 Å². The fourth-order valence-electron chi connectivity index (χ4n) is 1.35. The minimum absolute atomic E-state index is 0.933. The predicted octanol–water partition coefficient (Wildman–Crippen LogP) is 3.14. The zero-order valence-electron chi connectivity index (χ0n) is 6.48. The molecule has 0 aromatic rings. The Bertz CT molecular complexity index is 111. The molecule has 0 N–H and O–H groups in total. The standard InChI is InChI=1S/C9H16/c1-8-4-3-5-9(2)7-6-8/h6,9H,3-5,7H2,1-2H3/t9-/m1/s1. The van der Waals surface area contributed by atoms with E-state index in [1.807, 2.05) is 0 Å². The highest BCUT2D eigenvalue weighted by Gasteiger charge is 2.04. The largest absolute Gasteiger partial charge is 0.0853 e. The maximum Gasteiger partial charge on any atom is -0.0322 e. The molecule has 0 aromatic heterocycles. The lowest BCUT2D eigenvalue weighted by Crippen LogP contribution is -1.88. The Morgan fingerprint density at radius 1 is 1.56 bits per heavy atom. The lowest BCUT2D eigenvalue weighted by atomic mass is 10.0. The van der Waals surface area contributed by atoms with Crippen LogP contribution in [0.5, 0.6) is 0 Å². The third kappa shape index (κ3) is 2.21. The minimum atomic E-state index is 0.933. The van der Waals surface area contributed by atoms with Crippen molar-refractivity contribution in [1.82, 2.24) is 0 Å². The minimum Gasteiger partial charge on any atom is -0.0853 e. The Labute approximate surface area is 58.0 Å². The van der Waals surface area contributed by atoms with Crippen molar-refractivity contribution in [2.75, 3.05) is 0 Å². The second-order valence-electron chi connectivity index (χ2n) is 3.28. The van der Waals surface area contributed by atoms with E-state index in [1.54, 1.807) is 5.57 Å². The van der Waals surface area contributed by atoms with Crippen LogP contribution in [0.2, 0.25) is 0 Å². The Morgan fingerprint density at radius 2 is 2.33 bits per heavy atom. The lowest BCUT2D eigenvalue weighted by molar-refractivity contribution is 0.531. The first-order chi connectivity index (χ1) is 4.29. The maximum atomic E-state index is 2.40. The molecule has 1 rings (SSSR count). The molecular formula is C9H16. The van der Waals surface area contributed by atoms with E-state index in [1.165, 1.54) is 25.7 Å². The van der Waals surface area contributed by atoms with Crippen molar-refractivity contribution in [2.45, 2.75) is 39.5 Å². The molecule has 0 amide bonds. The van der Waals surface area contributed by atoms with E-state index in [4.69, 9.17) is 0 Å². The smallest absolute Gasteiger partial charge is 0.0322 e. The molecular weight excluding hydrogens is 108 g/mol. The van der Waals surface area contributed by atoms with Crippen LogP contribution < -0.4 is 0 Å². The summed E-state index contributed by atoms with van der Waals surface area (Å²) < 4.78 is 0. The SMILES string of the molecule is CC1=CC[C@H](C)CCC1. The molecule has 0 saturated carbocycles. The summed E-state index contributed by atoms with van der Waals surface area (Å²) in [5.41, 5.74) is 1.60. The summed E-state index contributed by atoms with van der Waals surface area (Å²) in [5.74, 6) is 0.933. The van der Waals surface area contributed by atoms with Crippen LogP contribution >= 0.6 is 0 Å². The fourth-order valence-corrected chi connectivity index (χ4v) is 1.35. The van der Waals surface area contributed by atoms with Gasteiger partial charge in [-0.3, -0.25) is 0 Å². The number of hydrogen-bond acceptors (Lipinski definition) is 0. The van der Waals surface area contributed by atoms with Crippen molar-refractivity contribution in [1.29, 1.82) is 0 Å². The number of rotatable bonds is 0. The van der Waals surface area contributed by atoms with Crippen LogP contribution in [-0.4, -0.2) is 0 Å². The van der Waals surface area contributed by atoms with Gasteiger partial charge in [0.15, 0.2) is 0 Å². The normalized spacial score (nSPS) is 29.1. The Kier molecular flexibility index (Phi) is 2.32. The molecule has 0 nitrogen and oxygen atoms in total. The monoisotopic (exact) mass is 124 g/mol. The quantitative estimate of drug-likeness (QED) is 0.435. The molecule has 1 aliphatic carbocycles. The van der Waals surface area contributed by atoms with Crippen molar-refractivity contribution in [3.8, 4) is 0 Å². The zero-order valence-corrected chi connectivity index (χ0v) is 6.48. The highest BCUT2D eigenvalue weighted by Crippen LogP contribution is 2.20. The molecule has 0 spiro atoms. The summed E-state index contributed by atoms with van der Waals surface area (Å²) in [6.45, 7) is 4.59. The van der Waals surface area contributed by atoms with Gasteiger partial charge in [0, 0.05) is 0 Å². The second-order valence-corrected chi connectivity index (χ2v) is 3.28. The molecule has 0 heteroatoms. The van der Waals surface area contributed by atoms with E-state index < -0.39 is 0 Å². The Morgan fingerprint density at radius 3 is 3.11 bits per heavy atom. The molecule has 0 radical (unpaired) electrons. The van der Waals surface area contributed by atoms with Gasteiger partial charge < -0.3 is 0 Å². The third-order valence-electron chi connectivity index (χ3n) is 2.14. The lowest BCUT2D eigenvalue weighted by Gasteiger charge is -2.01. The highest BCUT2D eigenvalue weighted by molar-refractivity contribution is 5.00. The van der Waals surface area contributed by atoms with Crippen LogP contribution in [0.3, 0.4) is 0 Å². The van der Waals surface area contributed by atoms with Crippen LogP contribution in [0.1, 0.15) is 39.5 Å². The molecule has 0 fully saturated rings. The first-order valence-corrected chi connectivity index (χ1v) is 3.94. The van der Waals surface area contributed by atoms with Crippen LogP contribution in [0.4, 0.5) is 0 Å². The van der Waals surface area contributed by atoms with Crippen molar-refractivity contribution >= 4 is 0 Å². The van der Waals surface area contributed by atoms with Crippen molar-refractivity contribution in [3.63, 3.8) is 0 Å². The van der Waals surface area contributed by atoms with Gasteiger partial charge in [-0.05, 0) is 32.1 Å². The van der Waals surface area contributed by atoms with Gasteiger partial charge in [0.1, 0.15) is 0 Å². The van der Waals surface area contributed by atoms with E-state index in [-0.39, 0.29) is 0 Å². The van der Waals surface area contributed by atoms with Gasteiger partial charge in [-0.15, -0.1) is 0 Å². The van der Waals surface area contributed by atoms with Crippen LogP contribution in [-0.2, 0) is 0 Å². The van der Waals surface area contributed by atoms with Gasteiger partial charge in [0.25, 0.3) is 0 Å². The maximum absolute atomic E-state index is 2.40. The Hall–Kier alpha value is -0.260. The van der Waals surface area contributed by atoms with Crippen LogP contribution in [0.15, 0.2) is 11.6 Å². The van der Waals surface area contributed by atoms with E-state index in [0.717, 1.165) is 5.92 Å². The van der Waals surface area contributed by atoms with Crippen LogP contribution in [0.25, 0.3) is 0 Å². The van der Waals surface area contributed by atoms with Crippen molar-refractivity contribution in [3.05, 3.63) is 11.6 Å². The van der Waals surface area contributed by atoms with Gasteiger partial charge >= 0.3 is 0 Å². The van der Waals surface area contributed by atoms with Crippen LogP contribution in [0, 0.1) is 5.92 Å². The average Bonchev–Trinajstić information content (AvgIpc) is 1.97. The molecule has 52 valence electrons. The molecule has 0 aromatic carbocycles. The summed E-state index contributed by atoms with van der Waals surface area (Å²) in [6.07, 6.45) is 7.88. The van der Waals surface area contributed by atoms with E-state index in [9.17, 15) is 0 Å². The van der Waals surface area contributed by atoms with Gasteiger partial charge in [0.05, 0.1) is 0 Å². The molecule has 0 heterocycles. The molecule has 1 atom stereocenters. The van der Waals surface area contributed by atoms with Crippen molar-refractivity contribution in [2.24, 2.45) is 5.92 Å². The molecule has 1 aliphatic rings. The number of allylic oxidation sites excluding steroid dienone is 2. The van der Waals surface area contributed by atoms with Gasteiger partial charge in [-0.2, -0.15) is 0 Å². The van der Waals surface area contributed by atoms with Crippen molar-refractivity contribution < 1.29 is 0 Å². The zero-order chi connectivity index (χ0) is 6.69. The summed E-state index contributed by atoms with van der Waals surface area (Å²) in [6, 6.07) is 0. The molecule has 0 aliphatic heterocycles. The first kappa shape index (κ1) is 6.85. The average molecular weight is 124 g/mol. The second kappa shape index (κ2) is 3.05. The van der Waals surface area contributed by atoms with E-state index >= 15 is 0 Å². The van der Waals surface area contributed by atoms with E-state index in [0.29, 0.717) is 0 Å². The summed E-state index contributed by atoms with van der Waals surface area (Å²) in [4.78, 5) is 0. The summed E-state index contributed by atoms with van der Waals surface area (Å²) in [5, 5.41) is 0.